The van der Waals surface area contributed by atoms with Gasteiger partial charge in [-0.2, -0.15) is 0 Å². The zero-order valence-corrected chi connectivity index (χ0v) is 12.2. The van der Waals surface area contributed by atoms with Gasteiger partial charge in [-0.3, -0.25) is 4.79 Å². The Morgan fingerprint density at radius 2 is 1.71 bits per heavy atom. The minimum atomic E-state index is -0.784. The lowest BCUT2D eigenvalue weighted by molar-refractivity contribution is -0.115. The second-order valence-electron chi connectivity index (χ2n) is 5.04. The van der Waals surface area contributed by atoms with Crippen LogP contribution in [0, 0.1) is 17.5 Å². The molecule has 2 aromatic carbocycles. The second-order valence-corrected chi connectivity index (χ2v) is 5.04. The van der Waals surface area contributed by atoms with Crippen LogP contribution in [0.25, 0.3) is 11.3 Å². The first kappa shape index (κ1) is 15.8. The van der Waals surface area contributed by atoms with Crippen LogP contribution in [-0.4, -0.2) is 11.1 Å². The van der Waals surface area contributed by atoms with Gasteiger partial charge in [0, 0.05) is 17.8 Å². The van der Waals surface area contributed by atoms with Crippen molar-refractivity contribution >= 4 is 11.6 Å². The zero-order valence-electron chi connectivity index (χ0n) is 12.2. The third-order valence-electron chi connectivity index (χ3n) is 3.23. The van der Waals surface area contributed by atoms with Crippen molar-refractivity contribution < 1.29 is 22.5 Å². The SMILES string of the molecule is O=C(Cc1cc(-c2ccc(F)cc2F)on1)Nc1ccc(F)cc1. The van der Waals surface area contributed by atoms with Gasteiger partial charge < -0.3 is 9.84 Å². The van der Waals surface area contributed by atoms with Gasteiger partial charge in [0.1, 0.15) is 17.5 Å². The van der Waals surface area contributed by atoms with E-state index < -0.39 is 17.5 Å². The highest BCUT2D eigenvalue weighted by molar-refractivity contribution is 5.92. The van der Waals surface area contributed by atoms with Gasteiger partial charge >= 0.3 is 0 Å². The molecule has 1 amide bonds. The maximum absolute atomic E-state index is 13.7. The third kappa shape index (κ3) is 3.62. The number of aromatic nitrogens is 1. The van der Waals surface area contributed by atoms with Gasteiger partial charge in [-0.05, 0) is 36.4 Å². The molecule has 3 rings (SSSR count). The van der Waals surface area contributed by atoms with Crippen molar-refractivity contribution in [1.29, 1.82) is 0 Å². The Balaban J connectivity index is 1.69. The van der Waals surface area contributed by atoms with Crippen LogP contribution >= 0.6 is 0 Å². The molecule has 0 aliphatic rings. The number of rotatable bonds is 4. The molecule has 3 aromatic rings. The number of amides is 1. The standard InChI is InChI=1S/C17H11F3N2O2/c18-10-1-4-12(5-2-10)21-17(23)9-13-8-16(24-22-13)14-6-3-11(19)7-15(14)20/h1-8H,9H2,(H,21,23). The van der Waals surface area contributed by atoms with E-state index in [2.05, 4.69) is 10.5 Å². The summed E-state index contributed by atoms with van der Waals surface area (Å²) in [6, 6.07) is 9.77. The van der Waals surface area contributed by atoms with Crippen LogP contribution in [0.5, 0.6) is 0 Å². The van der Waals surface area contributed by atoms with E-state index in [-0.39, 0.29) is 29.3 Å². The molecular weight excluding hydrogens is 321 g/mol. The van der Waals surface area contributed by atoms with Crippen LogP contribution in [0.3, 0.4) is 0 Å². The summed E-state index contributed by atoms with van der Waals surface area (Å²) in [6.45, 7) is 0. The molecule has 4 nitrogen and oxygen atoms in total. The first-order valence-electron chi connectivity index (χ1n) is 6.98. The topological polar surface area (TPSA) is 55.1 Å². The molecule has 0 saturated heterocycles. The maximum atomic E-state index is 13.7. The molecule has 0 aliphatic carbocycles. The van der Waals surface area contributed by atoms with E-state index in [1.54, 1.807) is 0 Å². The maximum Gasteiger partial charge on any atom is 0.230 e. The average molecular weight is 332 g/mol. The van der Waals surface area contributed by atoms with Crippen LogP contribution in [0.15, 0.2) is 53.1 Å². The van der Waals surface area contributed by atoms with Gasteiger partial charge in [0.2, 0.25) is 5.91 Å². The molecule has 24 heavy (non-hydrogen) atoms. The Bertz CT molecular complexity index is 876. The fraction of sp³-hybridized carbons (Fsp3) is 0.0588. The number of carbonyl (C=O) groups is 1. The molecule has 122 valence electrons. The summed E-state index contributed by atoms with van der Waals surface area (Å²) in [5.74, 6) is -2.18. The average Bonchev–Trinajstić information content (AvgIpc) is 2.97. The number of benzene rings is 2. The van der Waals surface area contributed by atoms with Crippen molar-refractivity contribution in [3.8, 4) is 11.3 Å². The highest BCUT2D eigenvalue weighted by atomic mass is 19.1. The summed E-state index contributed by atoms with van der Waals surface area (Å²) in [5, 5.41) is 6.27. The van der Waals surface area contributed by atoms with E-state index >= 15 is 0 Å². The lowest BCUT2D eigenvalue weighted by Gasteiger charge is -2.03. The van der Waals surface area contributed by atoms with Crippen molar-refractivity contribution in [2.24, 2.45) is 0 Å². The second kappa shape index (κ2) is 6.57. The van der Waals surface area contributed by atoms with Crippen molar-refractivity contribution in [2.75, 3.05) is 5.32 Å². The Labute approximate surface area is 134 Å². The van der Waals surface area contributed by atoms with Gasteiger partial charge in [-0.1, -0.05) is 5.16 Å². The lowest BCUT2D eigenvalue weighted by Crippen LogP contribution is -2.14. The molecule has 1 heterocycles. The number of carbonyl (C=O) groups excluding carboxylic acids is 1. The highest BCUT2D eigenvalue weighted by Gasteiger charge is 2.14. The number of nitrogens with zero attached hydrogens (tertiary/aromatic N) is 1. The normalized spacial score (nSPS) is 10.6. The molecule has 0 atom stereocenters. The van der Waals surface area contributed by atoms with Crippen molar-refractivity contribution in [1.82, 2.24) is 5.16 Å². The summed E-state index contributed by atoms with van der Waals surface area (Å²) in [4.78, 5) is 11.9. The minimum absolute atomic E-state index is 0.0501. The molecule has 1 N–H and O–H groups in total. The Hall–Kier alpha value is -3.09. The van der Waals surface area contributed by atoms with Crippen LogP contribution in [0.2, 0.25) is 0 Å². The smallest absolute Gasteiger partial charge is 0.230 e. The first-order chi connectivity index (χ1) is 11.5. The largest absolute Gasteiger partial charge is 0.356 e. The number of anilines is 1. The van der Waals surface area contributed by atoms with E-state index in [0.29, 0.717) is 5.69 Å². The van der Waals surface area contributed by atoms with Crippen LogP contribution in [-0.2, 0) is 11.2 Å². The highest BCUT2D eigenvalue weighted by Crippen LogP contribution is 2.24. The third-order valence-corrected chi connectivity index (χ3v) is 3.23. The monoisotopic (exact) mass is 332 g/mol. The molecule has 7 heteroatoms. The van der Waals surface area contributed by atoms with Crippen LogP contribution in [0.4, 0.5) is 18.9 Å². The fourth-order valence-electron chi connectivity index (χ4n) is 2.11. The van der Waals surface area contributed by atoms with E-state index in [4.69, 9.17) is 4.52 Å². The number of hydrogen-bond donors (Lipinski definition) is 1. The Morgan fingerprint density at radius 1 is 1.00 bits per heavy atom. The van der Waals surface area contributed by atoms with E-state index in [9.17, 15) is 18.0 Å². The summed E-state index contributed by atoms with van der Waals surface area (Å²) in [7, 11) is 0. The van der Waals surface area contributed by atoms with Crippen LogP contribution < -0.4 is 5.32 Å². The molecule has 1 aromatic heterocycles. The first-order valence-corrected chi connectivity index (χ1v) is 6.98. The van der Waals surface area contributed by atoms with Crippen molar-refractivity contribution in [3.63, 3.8) is 0 Å². The quantitative estimate of drug-likeness (QED) is 0.787. The van der Waals surface area contributed by atoms with Gasteiger partial charge in [0.25, 0.3) is 0 Å². The van der Waals surface area contributed by atoms with Gasteiger partial charge in [-0.25, -0.2) is 13.2 Å². The summed E-state index contributed by atoms with van der Waals surface area (Å²) in [6.07, 6.45) is -0.107. The molecule has 0 unspecified atom stereocenters. The molecule has 0 fully saturated rings. The van der Waals surface area contributed by atoms with E-state index in [1.165, 1.54) is 36.4 Å². The van der Waals surface area contributed by atoms with Gasteiger partial charge in [0.05, 0.1) is 17.7 Å². The summed E-state index contributed by atoms with van der Waals surface area (Å²) >= 11 is 0. The number of nitrogens with one attached hydrogen (secondary N) is 1. The predicted octanol–water partition coefficient (Wildman–Crippen LogP) is 3.94. The van der Waals surface area contributed by atoms with Gasteiger partial charge in [-0.15, -0.1) is 0 Å². The van der Waals surface area contributed by atoms with E-state index in [0.717, 1.165) is 12.1 Å². The number of hydrogen-bond acceptors (Lipinski definition) is 3. The van der Waals surface area contributed by atoms with Crippen molar-refractivity contribution in [2.45, 2.75) is 6.42 Å². The van der Waals surface area contributed by atoms with Gasteiger partial charge in [0.15, 0.2) is 5.76 Å². The van der Waals surface area contributed by atoms with Crippen molar-refractivity contribution in [3.05, 3.63) is 71.7 Å². The molecule has 0 radical (unpaired) electrons. The minimum Gasteiger partial charge on any atom is -0.356 e. The summed E-state index contributed by atoms with van der Waals surface area (Å²) < 4.78 is 44.4. The summed E-state index contributed by atoms with van der Waals surface area (Å²) in [5.41, 5.74) is 0.775. The predicted molar refractivity (Wildman–Crippen MR) is 80.6 cm³/mol. The lowest BCUT2D eigenvalue weighted by atomic mass is 10.1. The Kier molecular flexibility index (Phi) is 4.33. The molecule has 0 spiro atoms. The molecule has 0 aliphatic heterocycles. The zero-order chi connectivity index (χ0) is 17.1. The van der Waals surface area contributed by atoms with Crippen LogP contribution in [0.1, 0.15) is 5.69 Å². The molecular formula is C17H11F3N2O2. The molecule has 0 saturated carbocycles. The fourth-order valence-corrected chi connectivity index (χ4v) is 2.11. The van der Waals surface area contributed by atoms with E-state index in [1.807, 2.05) is 0 Å². The molecule has 0 bridgehead atoms. The Morgan fingerprint density at radius 3 is 2.42 bits per heavy atom. The number of halogens is 3.